The molecule has 0 radical (unpaired) electrons. The van der Waals surface area contributed by atoms with Crippen molar-refractivity contribution >= 4 is 17.9 Å². The number of carboxylic acid groups (broad SMARTS) is 1. The molecule has 0 rings (SSSR count). The molecular formula is C49H92NO7+. The van der Waals surface area contributed by atoms with Crippen molar-refractivity contribution in [3.8, 4) is 0 Å². The zero-order chi connectivity index (χ0) is 42.1. The monoisotopic (exact) mass is 807 g/mol. The van der Waals surface area contributed by atoms with Crippen LogP contribution in [0.3, 0.4) is 0 Å². The van der Waals surface area contributed by atoms with Crippen LogP contribution in [0.5, 0.6) is 0 Å². The maximum Gasteiger partial charge on any atom is 0.362 e. The molecule has 2 atom stereocenters. The van der Waals surface area contributed by atoms with Crippen molar-refractivity contribution in [1.82, 2.24) is 0 Å². The van der Waals surface area contributed by atoms with Gasteiger partial charge >= 0.3 is 17.9 Å². The molecule has 0 amide bonds. The minimum Gasteiger partial charge on any atom is -0.477 e. The van der Waals surface area contributed by atoms with E-state index in [1.165, 1.54) is 135 Å². The summed E-state index contributed by atoms with van der Waals surface area (Å²) in [6.07, 6.45) is 45.2. The third kappa shape index (κ3) is 39.1. The summed E-state index contributed by atoms with van der Waals surface area (Å²) >= 11 is 0. The molecule has 57 heavy (non-hydrogen) atoms. The van der Waals surface area contributed by atoms with Crippen molar-refractivity contribution in [1.29, 1.82) is 0 Å². The highest BCUT2D eigenvalue weighted by atomic mass is 16.6. The molecule has 0 heterocycles. The second-order valence-corrected chi connectivity index (χ2v) is 17.4. The minimum atomic E-state index is -0.877. The number of esters is 2. The second-order valence-electron chi connectivity index (χ2n) is 17.4. The van der Waals surface area contributed by atoms with Gasteiger partial charge in [-0.15, -0.1) is 0 Å². The van der Waals surface area contributed by atoms with Crippen molar-refractivity contribution < 1.29 is 38.2 Å². The van der Waals surface area contributed by atoms with Crippen LogP contribution in [-0.2, 0) is 28.6 Å². The average molecular weight is 807 g/mol. The van der Waals surface area contributed by atoms with Gasteiger partial charge in [-0.1, -0.05) is 192 Å². The predicted molar refractivity (Wildman–Crippen MR) is 238 cm³/mol. The molecule has 0 saturated heterocycles. The summed E-state index contributed by atoms with van der Waals surface area (Å²) in [7, 11) is 5.52. The molecule has 0 saturated carbocycles. The van der Waals surface area contributed by atoms with E-state index in [1.54, 1.807) is 0 Å². The maximum atomic E-state index is 12.7. The van der Waals surface area contributed by atoms with Gasteiger partial charge in [-0.05, 0) is 32.1 Å². The fourth-order valence-electron chi connectivity index (χ4n) is 7.13. The molecule has 0 fully saturated rings. The van der Waals surface area contributed by atoms with Crippen LogP contribution in [0.1, 0.15) is 219 Å². The highest BCUT2D eigenvalue weighted by molar-refractivity contribution is 5.72. The molecular weight excluding hydrogens is 715 g/mol. The Morgan fingerprint density at radius 3 is 1.37 bits per heavy atom. The standard InChI is InChI=1S/C49H91NO7/c1-6-8-10-12-14-16-18-19-20-21-22-23-24-25-26-27-28-30-31-33-35-37-39-47(51)56-44-45(43-55-42-41-46(49(53)54)50(3,4)5)57-48(52)40-38-36-34-32-29-17-15-13-11-9-7-2/h13,15,17,29,45-46H,6-12,14,16,18-28,30-44H2,1-5H3/p+1/b15-13+,29-17+. The molecule has 0 aliphatic rings. The SMILES string of the molecule is CCCC/C=C/C=C/CCCCCC(=O)OC(COCCC(C(=O)O)[N+](C)(C)C)COC(=O)CCCCCCCCCCCCCCCCCCCCCCCC. The Morgan fingerprint density at radius 1 is 0.526 bits per heavy atom. The van der Waals surface area contributed by atoms with Gasteiger partial charge in [0.05, 0.1) is 34.4 Å². The summed E-state index contributed by atoms with van der Waals surface area (Å²) in [5.41, 5.74) is 0. The average Bonchev–Trinajstić information content (AvgIpc) is 3.17. The molecule has 0 aliphatic heterocycles. The first-order valence-corrected chi connectivity index (χ1v) is 23.9. The van der Waals surface area contributed by atoms with Gasteiger partial charge in [0.25, 0.3) is 0 Å². The normalized spacial score (nSPS) is 13.1. The van der Waals surface area contributed by atoms with Crippen LogP contribution in [0.2, 0.25) is 0 Å². The summed E-state index contributed by atoms with van der Waals surface area (Å²) in [4.78, 5) is 37.0. The van der Waals surface area contributed by atoms with Crippen LogP contribution >= 0.6 is 0 Å². The highest BCUT2D eigenvalue weighted by Crippen LogP contribution is 2.16. The second kappa shape index (κ2) is 40.6. The van der Waals surface area contributed by atoms with Gasteiger partial charge in [0.1, 0.15) is 6.61 Å². The molecule has 0 aliphatic carbocycles. The van der Waals surface area contributed by atoms with Gasteiger partial charge in [-0.3, -0.25) is 9.59 Å². The van der Waals surface area contributed by atoms with E-state index < -0.39 is 18.1 Å². The summed E-state index contributed by atoms with van der Waals surface area (Å²) in [6, 6.07) is -0.616. The molecule has 8 nitrogen and oxygen atoms in total. The lowest BCUT2D eigenvalue weighted by Gasteiger charge is -2.31. The Kier molecular flexibility index (Phi) is 39.0. The van der Waals surface area contributed by atoms with Crippen molar-refractivity contribution in [2.45, 2.75) is 231 Å². The third-order valence-electron chi connectivity index (χ3n) is 10.9. The number of hydrogen-bond donors (Lipinski definition) is 1. The number of ether oxygens (including phenoxy) is 3. The first-order chi connectivity index (χ1) is 27.6. The summed E-state index contributed by atoms with van der Waals surface area (Å²) in [5.74, 6) is -1.49. The zero-order valence-electron chi connectivity index (χ0n) is 38.1. The fourth-order valence-corrected chi connectivity index (χ4v) is 7.13. The molecule has 1 N–H and O–H groups in total. The first kappa shape index (κ1) is 54.8. The topological polar surface area (TPSA) is 99.1 Å². The van der Waals surface area contributed by atoms with E-state index in [2.05, 4.69) is 38.2 Å². The lowest BCUT2D eigenvalue weighted by atomic mass is 10.0. The number of allylic oxidation sites excluding steroid dienone is 4. The van der Waals surface area contributed by atoms with Crippen molar-refractivity contribution in [3.63, 3.8) is 0 Å². The number of carbonyl (C=O) groups excluding carboxylic acids is 2. The largest absolute Gasteiger partial charge is 0.477 e. The molecule has 0 aromatic heterocycles. The van der Waals surface area contributed by atoms with Crippen molar-refractivity contribution in [2.24, 2.45) is 0 Å². The number of hydrogen-bond acceptors (Lipinski definition) is 6. The van der Waals surface area contributed by atoms with Crippen LogP contribution < -0.4 is 0 Å². The Balaban J connectivity index is 4.16. The van der Waals surface area contributed by atoms with Crippen LogP contribution in [0.4, 0.5) is 0 Å². The minimum absolute atomic E-state index is 0.0540. The smallest absolute Gasteiger partial charge is 0.362 e. The molecule has 0 aromatic rings. The van der Waals surface area contributed by atoms with Crippen LogP contribution in [-0.4, -0.2) is 80.6 Å². The van der Waals surface area contributed by atoms with Gasteiger partial charge in [-0.25, -0.2) is 4.79 Å². The van der Waals surface area contributed by atoms with E-state index in [4.69, 9.17) is 14.2 Å². The number of carboxylic acids is 1. The summed E-state index contributed by atoms with van der Waals surface area (Å²) in [6.45, 7) is 4.68. The van der Waals surface area contributed by atoms with Gasteiger partial charge in [0.2, 0.25) is 0 Å². The quantitative estimate of drug-likeness (QED) is 0.0283. The van der Waals surface area contributed by atoms with E-state index in [1.807, 2.05) is 21.1 Å². The maximum absolute atomic E-state index is 12.7. The van der Waals surface area contributed by atoms with Crippen LogP contribution in [0.25, 0.3) is 0 Å². The highest BCUT2D eigenvalue weighted by Gasteiger charge is 2.31. The Morgan fingerprint density at radius 2 is 0.930 bits per heavy atom. The van der Waals surface area contributed by atoms with Gasteiger partial charge in [0.15, 0.2) is 12.1 Å². The van der Waals surface area contributed by atoms with E-state index in [0.717, 1.165) is 51.4 Å². The first-order valence-electron chi connectivity index (χ1n) is 23.9. The lowest BCUT2D eigenvalue weighted by molar-refractivity contribution is -0.887. The zero-order valence-corrected chi connectivity index (χ0v) is 38.1. The van der Waals surface area contributed by atoms with Gasteiger partial charge < -0.3 is 23.8 Å². The number of carbonyl (C=O) groups is 3. The summed E-state index contributed by atoms with van der Waals surface area (Å²) in [5, 5.41) is 9.62. The van der Waals surface area contributed by atoms with Gasteiger partial charge in [-0.2, -0.15) is 0 Å². The van der Waals surface area contributed by atoms with Crippen molar-refractivity contribution in [3.05, 3.63) is 24.3 Å². The van der Waals surface area contributed by atoms with Crippen LogP contribution in [0.15, 0.2) is 24.3 Å². The molecule has 0 bridgehead atoms. The van der Waals surface area contributed by atoms with E-state index in [0.29, 0.717) is 19.3 Å². The molecule has 0 aromatic carbocycles. The molecule has 2 unspecified atom stereocenters. The number of nitrogens with zero attached hydrogens (tertiary/aromatic N) is 1. The number of likely N-dealkylation sites (N-methyl/N-ethyl adjacent to an activating group) is 1. The number of rotatable bonds is 43. The lowest BCUT2D eigenvalue weighted by Crippen LogP contribution is -2.50. The van der Waals surface area contributed by atoms with Crippen molar-refractivity contribution in [2.75, 3.05) is 41.0 Å². The van der Waals surface area contributed by atoms with Crippen LogP contribution in [0, 0.1) is 0 Å². The number of unbranched alkanes of at least 4 members (excludes halogenated alkanes) is 26. The number of aliphatic carboxylic acids is 1. The van der Waals surface area contributed by atoms with E-state index in [-0.39, 0.29) is 36.2 Å². The van der Waals surface area contributed by atoms with E-state index >= 15 is 0 Å². The van der Waals surface area contributed by atoms with E-state index in [9.17, 15) is 19.5 Å². The Hall–Kier alpha value is -2.19. The molecule has 8 heteroatoms. The molecule has 0 spiro atoms. The third-order valence-corrected chi connectivity index (χ3v) is 10.9. The predicted octanol–water partition coefficient (Wildman–Crippen LogP) is 13.3. The molecule has 334 valence electrons. The Bertz CT molecular complexity index is 989. The Labute approximate surface area is 351 Å². The summed E-state index contributed by atoms with van der Waals surface area (Å²) < 4.78 is 17.3. The fraction of sp³-hybridized carbons (Fsp3) is 0.857. The number of quaternary nitrogens is 1. The van der Waals surface area contributed by atoms with Gasteiger partial charge in [0, 0.05) is 19.3 Å².